The molecule has 0 fully saturated rings. The third-order valence-electron chi connectivity index (χ3n) is 1.13. The first kappa shape index (κ1) is 9.81. The highest BCUT2D eigenvalue weighted by Crippen LogP contribution is 2.02. The van der Waals surface area contributed by atoms with Gasteiger partial charge in [-0.3, -0.25) is 0 Å². The van der Waals surface area contributed by atoms with Crippen molar-refractivity contribution in [3.8, 4) is 0 Å². The highest BCUT2D eigenvalue weighted by Gasteiger charge is 2.13. The van der Waals surface area contributed by atoms with Crippen LogP contribution in [0.15, 0.2) is 12.8 Å². The number of urea groups is 1. The first-order chi connectivity index (χ1) is 5.07. The Kier molecular flexibility index (Phi) is 4.10. The largest absolute Gasteiger partial charge is 0.479 e. The van der Waals surface area contributed by atoms with Crippen molar-refractivity contribution in [1.29, 1.82) is 0 Å². The maximum atomic E-state index is 10.4. The number of carbonyl (C=O) groups excluding carboxylic acids is 1. The summed E-state index contributed by atoms with van der Waals surface area (Å²) >= 11 is 0. The summed E-state index contributed by atoms with van der Waals surface area (Å²) in [6.07, 6.45) is 0.894. The molecule has 0 rings (SSSR count). The second-order valence-corrected chi connectivity index (χ2v) is 2.48. The number of rotatable bonds is 4. The van der Waals surface area contributed by atoms with Gasteiger partial charge in [0.2, 0.25) is 0 Å². The van der Waals surface area contributed by atoms with Gasteiger partial charge >= 0.3 is 6.03 Å². The Morgan fingerprint density at radius 2 is 2.27 bits per heavy atom. The van der Waals surface area contributed by atoms with Crippen LogP contribution in [0.5, 0.6) is 0 Å². The van der Waals surface area contributed by atoms with E-state index in [0.29, 0.717) is 0 Å². The topological polar surface area (TPSA) is 64.3 Å². The average molecular weight is 158 g/mol. The summed E-state index contributed by atoms with van der Waals surface area (Å²) < 4.78 is 4.97. The van der Waals surface area contributed by atoms with Gasteiger partial charge in [-0.15, -0.1) is 0 Å². The summed E-state index contributed by atoms with van der Waals surface area (Å²) in [6, 6.07) is -0.592. The van der Waals surface area contributed by atoms with Crippen LogP contribution in [0.4, 0.5) is 4.79 Å². The van der Waals surface area contributed by atoms with Crippen LogP contribution in [0.1, 0.15) is 13.8 Å². The minimum absolute atomic E-state index is 0.167. The first-order valence-electron chi connectivity index (χ1n) is 3.40. The number of carbonyl (C=O) groups is 1. The van der Waals surface area contributed by atoms with Gasteiger partial charge in [0.15, 0.2) is 6.23 Å². The third kappa shape index (κ3) is 4.25. The summed E-state index contributed by atoms with van der Waals surface area (Å²) in [5, 5.41) is 2.43. The molecule has 0 saturated heterocycles. The van der Waals surface area contributed by atoms with Crippen LogP contribution >= 0.6 is 0 Å². The SMILES string of the molecule is C=COC(NC(N)=O)C(C)C. The van der Waals surface area contributed by atoms with Crippen LogP contribution in [-0.4, -0.2) is 12.3 Å². The van der Waals surface area contributed by atoms with E-state index >= 15 is 0 Å². The zero-order valence-electron chi connectivity index (χ0n) is 6.83. The van der Waals surface area contributed by atoms with Gasteiger partial charge in [0.25, 0.3) is 0 Å². The molecule has 0 radical (unpaired) electrons. The summed E-state index contributed by atoms with van der Waals surface area (Å²) in [4.78, 5) is 10.4. The van der Waals surface area contributed by atoms with Crippen LogP contribution in [-0.2, 0) is 4.74 Å². The molecule has 0 spiro atoms. The second kappa shape index (κ2) is 4.60. The molecule has 0 saturated carbocycles. The summed E-state index contributed by atoms with van der Waals surface area (Å²) in [5.41, 5.74) is 4.90. The molecule has 64 valence electrons. The Hall–Kier alpha value is -1.19. The maximum absolute atomic E-state index is 10.4. The van der Waals surface area contributed by atoms with E-state index in [4.69, 9.17) is 10.5 Å². The first-order valence-corrected chi connectivity index (χ1v) is 3.40. The van der Waals surface area contributed by atoms with Crippen molar-refractivity contribution in [2.75, 3.05) is 0 Å². The minimum atomic E-state index is -0.592. The molecule has 0 heterocycles. The average Bonchev–Trinajstić information content (AvgIpc) is 1.86. The van der Waals surface area contributed by atoms with E-state index in [9.17, 15) is 4.79 Å². The van der Waals surface area contributed by atoms with Gasteiger partial charge in [0, 0.05) is 5.92 Å². The molecule has 0 aromatic rings. The van der Waals surface area contributed by atoms with Gasteiger partial charge in [0.1, 0.15) is 0 Å². The van der Waals surface area contributed by atoms with E-state index in [0.717, 1.165) is 0 Å². The van der Waals surface area contributed by atoms with E-state index in [-0.39, 0.29) is 12.1 Å². The molecule has 1 atom stereocenters. The molecule has 0 aromatic heterocycles. The number of hydrogen-bond donors (Lipinski definition) is 2. The number of nitrogens with one attached hydrogen (secondary N) is 1. The van der Waals surface area contributed by atoms with Gasteiger partial charge in [0.05, 0.1) is 6.26 Å². The fraction of sp³-hybridized carbons (Fsp3) is 0.571. The molecule has 0 bridgehead atoms. The van der Waals surface area contributed by atoms with E-state index < -0.39 is 6.03 Å². The lowest BCUT2D eigenvalue weighted by Gasteiger charge is -2.19. The predicted molar refractivity (Wildman–Crippen MR) is 42.6 cm³/mol. The number of ether oxygens (including phenoxy) is 1. The molecule has 0 aliphatic rings. The molecule has 0 aromatic carbocycles. The van der Waals surface area contributed by atoms with Crippen LogP contribution in [0.2, 0.25) is 0 Å². The lowest BCUT2D eigenvalue weighted by atomic mass is 10.2. The third-order valence-corrected chi connectivity index (χ3v) is 1.13. The maximum Gasteiger partial charge on any atom is 0.315 e. The Bertz CT molecular complexity index is 145. The molecular formula is C7H14N2O2. The normalized spacial score (nSPS) is 12.3. The monoisotopic (exact) mass is 158 g/mol. The van der Waals surface area contributed by atoms with E-state index in [1.54, 1.807) is 0 Å². The van der Waals surface area contributed by atoms with Crippen molar-refractivity contribution in [2.24, 2.45) is 11.7 Å². The molecule has 4 nitrogen and oxygen atoms in total. The number of amides is 2. The predicted octanol–water partition coefficient (Wildman–Crippen LogP) is 0.797. The Labute approximate surface area is 66.4 Å². The van der Waals surface area contributed by atoms with Gasteiger partial charge in [-0.1, -0.05) is 20.4 Å². The number of primary amides is 1. The standard InChI is InChI=1S/C7H14N2O2/c1-4-11-6(5(2)3)9-7(8)10/h4-6H,1H2,2-3H3,(H3,8,9,10). The van der Waals surface area contributed by atoms with Gasteiger partial charge < -0.3 is 15.8 Å². The highest BCUT2D eigenvalue weighted by molar-refractivity contribution is 5.71. The van der Waals surface area contributed by atoms with E-state index in [1.165, 1.54) is 6.26 Å². The van der Waals surface area contributed by atoms with Crippen molar-refractivity contribution in [2.45, 2.75) is 20.1 Å². The molecule has 11 heavy (non-hydrogen) atoms. The summed E-state index contributed by atoms with van der Waals surface area (Å²) in [5.74, 6) is 0.167. The quantitative estimate of drug-likeness (QED) is 0.469. The van der Waals surface area contributed by atoms with Crippen molar-refractivity contribution in [3.05, 3.63) is 12.8 Å². The van der Waals surface area contributed by atoms with Gasteiger partial charge in [-0.25, -0.2) is 4.79 Å². The Morgan fingerprint density at radius 3 is 2.55 bits per heavy atom. The molecule has 2 amide bonds. The lowest BCUT2D eigenvalue weighted by Crippen LogP contribution is -2.42. The lowest BCUT2D eigenvalue weighted by molar-refractivity contribution is 0.0800. The van der Waals surface area contributed by atoms with Gasteiger partial charge in [-0.2, -0.15) is 0 Å². The minimum Gasteiger partial charge on any atom is -0.479 e. The van der Waals surface area contributed by atoms with Crippen molar-refractivity contribution >= 4 is 6.03 Å². The molecular weight excluding hydrogens is 144 g/mol. The molecule has 1 unspecified atom stereocenters. The highest BCUT2D eigenvalue weighted by atomic mass is 16.5. The second-order valence-electron chi connectivity index (χ2n) is 2.48. The number of hydrogen-bond acceptors (Lipinski definition) is 2. The zero-order chi connectivity index (χ0) is 8.85. The number of nitrogens with two attached hydrogens (primary N) is 1. The van der Waals surface area contributed by atoms with Crippen LogP contribution in [0.25, 0.3) is 0 Å². The van der Waals surface area contributed by atoms with Crippen molar-refractivity contribution in [1.82, 2.24) is 5.32 Å². The van der Waals surface area contributed by atoms with Crippen LogP contribution in [0.3, 0.4) is 0 Å². The van der Waals surface area contributed by atoms with Crippen LogP contribution < -0.4 is 11.1 Å². The van der Waals surface area contributed by atoms with Gasteiger partial charge in [-0.05, 0) is 0 Å². The van der Waals surface area contributed by atoms with E-state index in [1.807, 2.05) is 13.8 Å². The molecule has 0 aliphatic carbocycles. The fourth-order valence-electron chi connectivity index (χ4n) is 0.602. The Morgan fingerprint density at radius 1 is 1.73 bits per heavy atom. The smallest absolute Gasteiger partial charge is 0.315 e. The molecule has 0 aliphatic heterocycles. The summed E-state index contributed by atoms with van der Waals surface area (Å²) in [7, 11) is 0. The molecule has 3 N–H and O–H groups in total. The fourth-order valence-corrected chi connectivity index (χ4v) is 0.602. The van der Waals surface area contributed by atoms with Crippen molar-refractivity contribution in [3.63, 3.8) is 0 Å². The Balaban J connectivity index is 3.88. The van der Waals surface area contributed by atoms with Crippen LogP contribution in [0, 0.1) is 5.92 Å². The van der Waals surface area contributed by atoms with E-state index in [2.05, 4.69) is 11.9 Å². The summed E-state index contributed by atoms with van der Waals surface area (Å²) in [6.45, 7) is 7.19. The van der Waals surface area contributed by atoms with Crippen molar-refractivity contribution < 1.29 is 9.53 Å². The zero-order valence-corrected chi connectivity index (χ0v) is 6.83. The molecule has 4 heteroatoms.